The molecule has 3 rings (SSSR count). The van der Waals surface area contributed by atoms with Crippen molar-refractivity contribution in [3.63, 3.8) is 0 Å². The van der Waals surface area contributed by atoms with Crippen LogP contribution in [0.2, 0.25) is 13.1 Å². The van der Waals surface area contributed by atoms with Crippen LogP contribution in [-0.2, 0) is 21.2 Å². The number of nitrogens with zero attached hydrogens (tertiary/aromatic N) is 3. The van der Waals surface area contributed by atoms with Gasteiger partial charge < -0.3 is 11.9 Å². The van der Waals surface area contributed by atoms with Crippen LogP contribution in [0.1, 0.15) is 0 Å². The molecule has 3 heterocycles. The van der Waals surface area contributed by atoms with Crippen LogP contribution in [0.3, 0.4) is 0 Å². The molecule has 0 saturated heterocycles. The van der Waals surface area contributed by atoms with Crippen LogP contribution < -0.4 is 0 Å². The second kappa shape index (κ2) is 14.0. The van der Waals surface area contributed by atoms with E-state index in [-0.39, 0.29) is 24.2 Å². The number of hydrogen-bond acceptors (Lipinski definition) is 4. The van der Waals surface area contributed by atoms with Crippen molar-refractivity contribution in [1.82, 2.24) is 15.0 Å². The molecule has 144 valence electrons. The van der Waals surface area contributed by atoms with Crippen LogP contribution in [0.4, 0.5) is 0 Å². The molecule has 0 aliphatic heterocycles. The maximum Gasteiger partial charge on any atom is 0.205 e. The Labute approximate surface area is 174 Å². The van der Waals surface area contributed by atoms with Crippen molar-refractivity contribution in [3.8, 4) is 22.8 Å². The second-order valence-electron chi connectivity index (χ2n) is 5.35. The predicted octanol–water partition coefficient (Wildman–Crippen LogP) is 5.09. The van der Waals surface area contributed by atoms with Crippen LogP contribution in [0.15, 0.2) is 79.6 Å². The van der Waals surface area contributed by atoms with Crippen molar-refractivity contribution in [2.75, 3.05) is 6.61 Å². The molecule has 0 aliphatic rings. The molecule has 0 aliphatic carbocycles. The van der Waals surface area contributed by atoms with Crippen LogP contribution >= 0.6 is 0 Å². The minimum Gasteiger partial charge on any atom is -0.414 e. The first-order valence-corrected chi connectivity index (χ1v) is 10.4. The second-order valence-corrected chi connectivity index (χ2v) is 7.45. The predicted molar refractivity (Wildman–Crippen MR) is 111 cm³/mol. The fourth-order valence-corrected chi connectivity index (χ4v) is 2.43. The molecule has 3 aromatic heterocycles. The van der Waals surface area contributed by atoms with Gasteiger partial charge in [-0.25, -0.2) is 4.98 Å². The van der Waals surface area contributed by atoms with Gasteiger partial charge in [0.15, 0.2) is 0 Å². The van der Waals surface area contributed by atoms with Gasteiger partial charge in [-0.3, -0.25) is 9.97 Å². The SMILES string of the molecule is C=CCO[Si](C)C.[CH3-].[Co].c1ccc(-c2cccc(-c3ccccn3)n2)nc1. The van der Waals surface area contributed by atoms with E-state index in [0.29, 0.717) is 6.61 Å². The van der Waals surface area contributed by atoms with Crippen molar-refractivity contribution in [2.45, 2.75) is 13.1 Å². The third-order valence-corrected chi connectivity index (χ3v) is 3.84. The van der Waals surface area contributed by atoms with E-state index in [1.165, 1.54) is 0 Å². The zero-order valence-electron chi connectivity index (χ0n) is 15.9. The Bertz CT molecular complexity index is 716. The largest absolute Gasteiger partial charge is 0.414 e. The minimum atomic E-state index is -0.469. The van der Waals surface area contributed by atoms with Gasteiger partial charge in [-0.05, 0) is 49.5 Å². The van der Waals surface area contributed by atoms with E-state index in [2.05, 4.69) is 34.6 Å². The Morgan fingerprint density at radius 1 is 0.852 bits per heavy atom. The first-order valence-electron chi connectivity index (χ1n) is 8.04. The number of pyridine rings is 3. The van der Waals surface area contributed by atoms with E-state index in [0.717, 1.165) is 22.8 Å². The van der Waals surface area contributed by atoms with Gasteiger partial charge >= 0.3 is 0 Å². The number of rotatable bonds is 5. The maximum absolute atomic E-state index is 5.17. The number of aromatic nitrogens is 3. The maximum atomic E-state index is 5.17. The van der Waals surface area contributed by atoms with Crippen molar-refractivity contribution in [1.29, 1.82) is 0 Å². The molecule has 0 unspecified atom stereocenters. The zero-order chi connectivity index (χ0) is 17.9. The first-order chi connectivity index (χ1) is 12.2. The van der Waals surface area contributed by atoms with Crippen LogP contribution in [0, 0.1) is 7.43 Å². The van der Waals surface area contributed by atoms with E-state index in [9.17, 15) is 0 Å². The summed E-state index contributed by atoms with van der Waals surface area (Å²) in [6, 6.07) is 17.5. The molecule has 0 atom stereocenters. The van der Waals surface area contributed by atoms with E-state index in [1.54, 1.807) is 18.5 Å². The monoisotopic (exact) mass is 422 g/mol. The fraction of sp³-hybridized carbons (Fsp3) is 0.143. The molecule has 0 bridgehead atoms. The summed E-state index contributed by atoms with van der Waals surface area (Å²) in [5.74, 6) is 0. The van der Waals surface area contributed by atoms with Crippen molar-refractivity contribution >= 4 is 9.04 Å². The third-order valence-electron chi connectivity index (χ3n) is 3.09. The average molecular weight is 422 g/mol. The van der Waals surface area contributed by atoms with Gasteiger partial charge in [0.2, 0.25) is 9.04 Å². The average Bonchev–Trinajstić information content (AvgIpc) is 2.68. The molecular weight excluding hydrogens is 397 g/mol. The Morgan fingerprint density at radius 3 is 1.67 bits per heavy atom. The summed E-state index contributed by atoms with van der Waals surface area (Å²) in [5, 5.41) is 0. The van der Waals surface area contributed by atoms with Gasteiger partial charge in [0.05, 0.1) is 29.4 Å². The van der Waals surface area contributed by atoms with Gasteiger partial charge in [-0.2, -0.15) is 0 Å². The summed E-state index contributed by atoms with van der Waals surface area (Å²) in [6.45, 7) is 8.44. The van der Waals surface area contributed by atoms with Crippen molar-refractivity contribution in [3.05, 3.63) is 87.1 Å². The molecule has 0 saturated carbocycles. The van der Waals surface area contributed by atoms with Gasteiger partial charge in [0.25, 0.3) is 0 Å². The van der Waals surface area contributed by atoms with Crippen molar-refractivity contribution < 1.29 is 21.2 Å². The molecule has 6 heteroatoms. The quantitative estimate of drug-likeness (QED) is 0.326. The molecule has 0 spiro atoms. The Morgan fingerprint density at radius 2 is 1.33 bits per heavy atom. The molecule has 2 radical (unpaired) electrons. The Kier molecular flexibility index (Phi) is 12.9. The summed E-state index contributed by atoms with van der Waals surface area (Å²) < 4.78 is 5.17. The summed E-state index contributed by atoms with van der Waals surface area (Å²) in [4.78, 5) is 13.2. The summed E-state index contributed by atoms with van der Waals surface area (Å²) in [7, 11) is -0.469. The van der Waals surface area contributed by atoms with E-state index >= 15 is 0 Å². The Balaban J connectivity index is 0.000000656. The van der Waals surface area contributed by atoms with Gasteiger partial charge in [-0.1, -0.05) is 24.3 Å². The molecule has 0 fully saturated rings. The van der Waals surface area contributed by atoms with E-state index in [1.807, 2.05) is 54.6 Å². The van der Waals surface area contributed by atoms with E-state index < -0.39 is 9.04 Å². The van der Waals surface area contributed by atoms with Gasteiger partial charge in [-0.15, -0.1) is 6.58 Å². The summed E-state index contributed by atoms with van der Waals surface area (Å²) in [5.41, 5.74) is 3.46. The molecular formula is C21H25CoN3OSi-. The third kappa shape index (κ3) is 8.88. The zero-order valence-corrected chi connectivity index (χ0v) is 18.0. The summed E-state index contributed by atoms with van der Waals surface area (Å²) in [6.07, 6.45) is 5.31. The molecule has 3 aromatic rings. The normalized spacial score (nSPS) is 9.30. The van der Waals surface area contributed by atoms with Crippen molar-refractivity contribution in [2.24, 2.45) is 0 Å². The van der Waals surface area contributed by atoms with E-state index in [4.69, 9.17) is 4.43 Å². The van der Waals surface area contributed by atoms with Gasteiger partial charge in [0, 0.05) is 29.2 Å². The van der Waals surface area contributed by atoms with Crippen LogP contribution in [-0.4, -0.2) is 30.6 Å². The van der Waals surface area contributed by atoms with Gasteiger partial charge in [0.1, 0.15) is 0 Å². The first kappa shape index (κ1) is 24.9. The Hall–Kier alpha value is -2.13. The van der Waals surface area contributed by atoms with Crippen LogP contribution in [0.5, 0.6) is 0 Å². The molecule has 27 heavy (non-hydrogen) atoms. The fourth-order valence-electron chi connectivity index (χ4n) is 1.97. The topological polar surface area (TPSA) is 47.9 Å². The van der Waals surface area contributed by atoms with Crippen LogP contribution in [0.25, 0.3) is 22.8 Å². The molecule has 0 N–H and O–H groups in total. The summed E-state index contributed by atoms with van der Waals surface area (Å²) >= 11 is 0. The number of hydrogen-bond donors (Lipinski definition) is 0. The molecule has 0 aromatic carbocycles. The smallest absolute Gasteiger partial charge is 0.205 e. The molecule has 4 nitrogen and oxygen atoms in total. The minimum absolute atomic E-state index is 0. The standard InChI is InChI=1S/C15H11N3.C5H11OSi.CH3.Co/c1-3-10-16-12(6-1)14-8-5-9-15(18-14)13-7-2-4-11-17-13;1-4-5-6-7(2)3;;/h1-11H;4H,1,5H2,2-3H3;1H3;/q;;-1;. The molecule has 0 amide bonds.